The van der Waals surface area contributed by atoms with Gasteiger partial charge in [0, 0.05) is 6.04 Å². The largest absolute Gasteiger partial charge is 0.507 e. The summed E-state index contributed by atoms with van der Waals surface area (Å²) in [5.41, 5.74) is 2.54. The minimum absolute atomic E-state index is 0.300. The molecule has 0 amide bonds. The predicted octanol–water partition coefficient (Wildman–Crippen LogP) is 2.96. The van der Waals surface area contributed by atoms with Crippen molar-refractivity contribution in [2.24, 2.45) is 0 Å². The van der Waals surface area contributed by atoms with Crippen LogP contribution in [0.15, 0.2) is 12.1 Å². The predicted molar refractivity (Wildman–Crippen MR) is 68.8 cm³/mol. The van der Waals surface area contributed by atoms with E-state index in [1.165, 1.54) is 0 Å². The van der Waals surface area contributed by atoms with Crippen LogP contribution in [0.25, 0.3) is 0 Å². The summed E-state index contributed by atoms with van der Waals surface area (Å²) in [6.07, 6.45) is 0.980. The van der Waals surface area contributed by atoms with Gasteiger partial charge in [0.25, 0.3) is 0 Å². The van der Waals surface area contributed by atoms with E-state index in [0.717, 1.165) is 23.1 Å². The fourth-order valence-corrected chi connectivity index (χ4v) is 1.77. The zero-order valence-electron chi connectivity index (χ0n) is 10.9. The van der Waals surface area contributed by atoms with Crippen LogP contribution < -0.4 is 5.32 Å². The molecule has 2 atom stereocenters. The summed E-state index contributed by atoms with van der Waals surface area (Å²) in [6, 6.07) is 5.98. The number of nitrogens with one attached hydrogen (secondary N) is 1. The van der Waals surface area contributed by atoms with Gasteiger partial charge in [-0.25, -0.2) is 0 Å². The number of aryl methyl sites for hydroxylation is 2. The first kappa shape index (κ1) is 13.5. The van der Waals surface area contributed by atoms with Crippen molar-refractivity contribution < 1.29 is 5.11 Å². The second-order valence-electron chi connectivity index (χ2n) is 4.54. The van der Waals surface area contributed by atoms with E-state index in [2.05, 4.69) is 25.2 Å². The summed E-state index contributed by atoms with van der Waals surface area (Å²) < 4.78 is 0. The molecule has 1 rings (SSSR count). The van der Waals surface area contributed by atoms with Gasteiger partial charge >= 0.3 is 0 Å². The van der Waals surface area contributed by atoms with Gasteiger partial charge in [0.15, 0.2) is 0 Å². The van der Waals surface area contributed by atoms with Crippen molar-refractivity contribution in [3.63, 3.8) is 0 Å². The van der Waals surface area contributed by atoms with Crippen molar-refractivity contribution >= 4 is 0 Å². The van der Waals surface area contributed by atoms with Crippen molar-refractivity contribution in [1.29, 1.82) is 5.26 Å². The first-order valence-corrected chi connectivity index (χ1v) is 5.95. The maximum absolute atomic E-state index is 9.71. The van der Waals surface area contributed by atoms with Crippen LogP contribution in [-0.4, -0.2) is 11.1 Å². The molecule has 3 heteroatoms. The lowest BCUT2D eigenvalue weighted by Gasteiger charge is -2.18. The smallest absolute Gasteiger partial charge is 0.121 e. The fraction of sp³-hybridized carbons (Fsp3) is 0.500. The van der Waals surface area contributed by atoms with Gasteiger partial charge in [-0.2, -0.15) is 5.26 Å². The molecule has 1 aromatic carbocycles. The number of aromatic hydroxyl groups is 1. The molecule has 0 bridgehead atoms. The molecule has 0 aromatic heterocycles. The Morgan fingerprint density at radius 3 is 2.29 bits per heavy atom. The molecule has 3 nitrogen and oxygen atoms in total. The average Bonchev–Trinajstić information content (AvgIpc) is 2.31. The SMILES string of the molecule is CCC(C)NC(C#N)c1cc(C)c(O)c(C)c1. The molecule has 0 heterocycles. The molecule has 0 radical (unpaired) electrons. The zero-order chi connectivity index (χ0) is 13.0. The van der Waals surface area contributed by atoms with Crippen LogP contribution in [0.5, 0.6) is 5.75 Å². The molecule has 2 N–H and O–H groups in total. The fourth-order valence-electron chi connectivity index (χ4n) is 1.77. The average molecular weight is 232 g/mol. The number of nitrogens with zero attached hydrogens (tertiary/aromatic N) is 1. The first-order valence-electron chi connectivity index (χ1n) is 5.95. The Morgan fingerprint density at radius 1 is 1.35 bits per heavy atom. The third-order valence-corrected chi connectivity index (χ3v) is 3.04. The Morgan fingerprint density at radius 2 is 1.88 bits per heavy atom. The van der Waals surface area contributed by atoms with E-state index in [0.29, 0.717) is 11.8 Å². The topological polar surface area (TPSA) is 56.0 Å². The summed E-state index contributed by atoms with van der Waals surface area (Å²) in [7, 11) is 0. The Balaban J connectivity index is 3.01. The van der Waals surface area contributed by atoms with Crippen molar-refractivity contribution in [3.8, 4) is 11.8 Å². The van der Waals surface area contributed by atoms with E-state index >= 15 is 0 Å². The summed E-state index contributed by atoms with van der Waals surface area (Å²) >= 11 is 0. The molecule has 0 saturated heterocycles. The molecule has 0 aliphatic heterocycles. The summed E-state index contributed by atoms with van der Waals surface area (Å²) in [5.74, 6) is 0.314. The third kappa shape index (κ3) is 3.21. The van der Waals surface area contributed by atoms with Crippen LogP contribution in [0.4, 0.5) is 0 Å². The second-order valence-corrected chi connectivity index (χ2v) is 4.54. The van der Waals surface area contributed by atoms with Gasteiger partial charge in [0.05, 0.1) is 6.07 Å². The van der Waals surface area contributed by atoms with Gasteiger partial charge in [0.2, 0.25) is 0 Å². The van der Waals surface area contributed by atoms with Crippen LogP contribution in [0.1, 0.15) is 43.0 Å². The quantitative estimate of drug-likeness (QED) is 0.839. The minimum Gasteiger partial charge on any atom is -0.507 e. The molecule has 0 aliphatic rings. The number of hydrogen-bond acceptors (Lipinski definition) is 3. The minimum atomic E-state index is -0.317. The molecule has 17 heavy (non-hydrogen) atoms. The van der Waals surface area contributed by atoms with Crippen molar-refractivity contribution in [2.45, 2.75) is 46.2 Å². The molecule has 0 fully saturated rings. The Labute approximate surface area is 103 Å². The Bertz CT molecular complexity index is 411. The van der Waals surface area contributed by atoms with E-state index in [1.54, 1.807) is 0 Å². The van der Waals surface area contributed by atoms with Crippen LogP contribution >= 0.6 is 0 Å². The molecule has 0 spiro atoms. The van der Waals surface area contributed by atoms with E-state index in [4.69, 9.17) is 0 Å². The molecule has 1 aromatic rings. The van der Waals surface area contributed by atoms with E-state index in [-0.39, 0.29) is 6.04 Å². The van der Waals surface area contributed by atoms with Crippen molar-refractivity contribution in [3.05, 3.63) is 28.8 Å². The zero-order valence-corrected chi connectivity index (χ0v) is 10.9. The number of rotatable bonds is 4. The van der Waals surface area contributed by atoms with E-state index in [1.807, 2.05) is 26.0 Å². The molecule has 0 saturated carbocycles. The Kier molecular flexibility index (Phi) is 4.53. The van der Waals surface area contributed by atoms with Gasteiger partial charge < -0.3 is 5.11 Å². The first-order chi connectivity index (χ1) is 7.99. The van der Waals surface area contributed by atoms with Gasteiger partial charge in [0.1, 0.15) is 11.8 Å². The monoisotopic (exact) mass is 232 g/mol. The van der Waals surface area contributed by atoms with Gasteiger partial charge in [-0.1, -0.05) is 6.92 Å². The van der Waals surface area contributed by atoms with Crippen LogP contribution in [-0.2, 0) is 0 Å². The van der Waals surface area contributed by atoms with E-state index < -0.39 is 0 Å². The van der Waals surface area contributed by atoms with Gasteiger partial charge in [-0.15, -0.1) is 0 Å². The highest BCUT2D eigenvalue weighted by molar-refractivity contribution is 5.44. The standard InChI is InChI=1S/C14H20N2O/c1-5-11(4)16-13(8-15)12-6-9(2)14(17)10(3)7-12/h6-7,11,13,16-17H,5H2,1-4H3. The Hall–Kier alpha value is -1.53. The summed E-state index contributed by atoms with van der Waals surface area (Å²) in [6.45, 7) is 7.84. The second kappa shape index (κ2) is 5.70. The van der Waals surface area contributed by atoms with Crippen molar-refractivity contribution in [1.82, 2.24) is 5.32 Å². The van der Waals surface area contributed by atoms with Gasteiger partial charge in [-0.3, -0.25) is 5.32 Å². The van der Waals surface area contributed by atoms with Crippen LogP contribution in [0.2, 0.25) is 0 Å². The summed E-state index contributed by atoms with van der Waals surface area (Å²) in [4.78, 5) is 0. The maximum Gasteiger partial charge on any atom is 0.121 e. The molecule has 92 valence electrons. The number of nitriles is 1. The highest BCUT2D eigenvalue weighted by Gasteiger charge is 2.14. The van der Waals surface area contributed by atoms with E-state index in [9.17, 15) is 10.4 Å². The number of phenols is 1. The molecule has 0 aliphatic carbocycles. The normalized spacial score (nSPS) is 14.1. The lowest BCUT2D eigenvalue weighted by atomic mass is 10.00. The number of phenolic OH excluding ortho intramolecular Hbond substituents is 1. The van der Waals surface area contributed by atoms with Crippen LogP contribution in [0, 0.1) is 25.2 Å². The molecular weight excluding hydrogens is 212 g/mol. The number of hydrogen-bond donors (Lipinski definition) is 2. The molecule has 2 unspecified atom stereocenters. The lowest BCUT2D eigenvalue weighted by Crippen LogP contribution is -2.29. The number of benzene rings is 1. The molecular formula is C14H20N2O. The summed E-state index contributed by atoms with van der Waals surface area (Å²) in [5, 5.41) is 22.2. The highest BCUT2D eigenvalue weighted by atomic mass is 16.3. The van der Waals surface area contributed by atoms with Crippen molar-refractivity contribution in [2.75, 3.05) is 0 Å². The van der Waals surface area contributed by atoms with Gasteiger partial charge in [-0.05, 0) is 56.0 Å². The third-order valence-electron chi connectivity index (χ3n) is 3.04. The maximum atomic E-state index is 9.71. The lowest BCUT2D eigenvalue weighted by molar-refractivity contribution is 0.465. The van der Waals surface area contributed by atoms with Crippen LogP contribution in [0.3, 0.4) is 0 Å². The highest BCUT2D eigenvalue weighted by Crippen LogP contribution is 2.26.